The van der Waals surface area contributed by atoms with E-state index in [2.05, 4.69) is 30.0 Å². The number of nitrogens with two attached hydrogens (primary N) is 1. The minimum Gasteiger partial charge on any atom is -0.395 e. The zero-order valence-corrected chi connectivity index (χ0v) is 11.7. The van der Waals surface area contributed by atoms with Gasteiger partial charge in [-0.25, -0.2) is 0 Å². The van der Waals surface area contributed by atoms with Crippen molar-refractivity contribution in [3.8, 4) is 0 Å². The van der Waals surface area contributed by atoms with Gasteiger partial charge in [0, 0.05) is 35.3 Å². The maximum Gasteiger partial charge on any atom is 0.0606 e. The molecular formula is C14H22N2OS. The van der Waals surface area contributed by atoms with E-state index in [0.717, 1.165) is 5.75 Å². The van der Waals surface area contributed by atoms with Crippen LogP contribution in [0.15, 0.2) is 23.1 Å². The largest absolute Gasteiger partial charge is 0.395 e. The average Bonchev–Trinajstić information content (AvgIpc) is 3.20. The Kier molecular flexibility index (Phi) is 4.92. The lowest BCUT2D eigenvalue weighted by Gasteiger charge is -2.27. The fourth-order valence-corrected chi connectivity index (χ4v) is 3.16. The molecule has 0 radical (unpaired) electrons. The third kappa shape index (κ3) is 2.99. The van der Waals surface area contributed by atoms with Gasteiger partial charge in [-0.2, -0.15) is 0 Å². The van der Waals surface area contributed by atoms with E-state index >= 15 is 0 Å². The lowest BCUT2D eigenvalue weighted by atomic mass is 10.1. The standard InChI is InChI=1S/C14H22N2OS/c1-2-18-14-5-3-4-13(12(14)10-15)16(8-9-17)11-6-7-11/h3-5,11,17H,2,6-10,15H2,1H3. The van der Waals surface area contributed by atoms with Crippen molar-refractivity contribution in [1.29, 1.82) is 0 Å². The monoisotopic (exact) mass is 266 g/mol. The number of nitrogens with zero attached hydrogens (tertiary/aromatic N) is 1. The lowest BCUT2D eigenvalue weighted by Crippen LogP contribution is -2.30. The first-order valence-corrected chi connectivity index (χ1v) is 7.62. The molecule has 1 aliphatic rings. The van der Waals surface area contributed by atoms with Crippen LogP contribution in [0.4, 0.5) is 5.69 Å². The van der Waals surface area contributed by atoms with Gasteiger partial charge in [-0.05, 0) is 30.7 Å². The summed E-state index contributed by atoms with van der Waals surface area (Å²) in [4.78, 5) is 3.60. The Bertz CT molecular complexity index is 393. The van der Waals surface area contributed by atoms with E-state index in [1.165, 1.54) is 29.0 Å². The van der Waals surface area contributed by atoms with Crippen molar-refractivity contribution in [2.45, 2.75) is 37.2 Å². The molecule has 2 rings (SSSR count). The normalized spacial score (nSPS) is 14.8. The quantitative estimate of drug-likeness (QED) is 0.743. The van der Waals surface area contributed by atoms with E-state index in [0.29, 0.717) is 19.1 Å². The third-order valence-electron chi connectivity index (χ3n) is 3.25. The Morgan fingerprint density at radius 2 is 2.22 bits per heavy atom. The number of hydrogen-bond acceptors (Lipinski definition) is 4. The van der Waals surface area contributed by atoms with Gasteiger partial charge in [0.1, 0.15) is 0 Å². The minimum atomic E-state index is 0.200. The predicted octanol–water partition coefficient (Wildman–Crippen LogP) is 2.22. The van der Waals surface area contributed by atoms with Gasteiger partial charge < -0.3 is 15.7 Å². The molecule has 0 aliphatic heterocycles. The van der Waals surface area contributed by atoms with Crippen molar-refractivity contribution in [2.75, 3.05) is 23.8 Å². The summed E-state index contributed by atoms with van der Waals surface area (Å²) in [5.74, 6) is 1.06. The minimum absolute atomic E-state index is 0.200. The van der Waals surface area contributed by atoms with E-state index in [1.807, 2.05) is 11.8 Å². The van der Waals surface area contributed by atoms with Crippen LogP contribution >= 0.6 is 11.8 Å². The highest BCUT2D eigenvalue weighted by Gasteiger charge is 2.30. The molecule has 4 heteroatoms. The van der Waals surface area contributed by atoms with E-state index in [-0.39, 0.29) is 6.61 Å². The molecule has 3 N–H and O–H groups in total. The second-order valence-electron chi connectivity index (χ2n) is 4.54. The van der Waals surface area contributed by atoms with E-state index in [9.17, 15) is 5.11 Å². The second-order valence-corrected chi connectivity index (χ2v) is 5.84. The maximum absolute atomic E-state index is 9.23. The van der Waals surface area contributed by atoms with Crippen molar-refractivity contribution < 1.29 is 5.11 Å². The molecule has 0 heterocycles. The van der Waals surface area contributed by atoms with Crippen LogP contribution in [0, 0.1) is 0 Å². The van der Waals surface area contributed by atoms with Crippen molar-refractivity contribution in [1.82, 2.24) is 0 Å². The highest BCUT2D eigenvalue weighted by molar-refractivity contribution is 7.99. The molecule has 100 valence electrons. The summed E-state index contributed by atoms with van der Waals surface area (Å²) < 4.78 is 0. The number of hydrogen-bond donors (Lipinski definition) is 2. The summed E-state index contributed by atoms with van der Waals surface area (Å²) in [5.41, 5.74) is 8.38. The van der Waals surface area contributed by atoms with Crippen LogP contribution in [0.2, 0.25) is 0 Å². The summed E-state index contributed by atoms with van der Waals surface area (Å²) in [6.07, 6.45) is 2.46. The Hall–Kier alpha value is -0.710. The van der Waals surface area contributed by atoms with E-state index in [4.69, 9.17) is 5.73 Å². The zero-order valence-electron chi connectivity index (χ0n) is 10.9. The Labute approximate surface area is 113 Å². The van der Waals surface area contributed by atoms with Crippen LogP contribution in [0.1, 0.15) is 25.3 Å². The van der Waals surface area contributed by atoms with E-state index in [1.54, 1.807) is 0 Å². The van der Waals surface area contributed by atoms with Gasteiger partial charge in [0.05, 0.1) is 6.61 Å². The first-order valence-electron chi connectivity index (χ1n) is 6.64. The topological polar surface area (TPSA) is 49.5 Å². The Balaban J connectivity index is 2.31. The first kappa shape index (κ1) is 13.7. The number of anilines is 1. The van der Waals surface area contributed by atoms with Crippen molar-refractivity contribution in [2.24, 2.45) is 5.73 Å². The van der Waals surface area contributed by atoms with Crippen molar-refractivity contribution in [3.05, 3.63) is 23.8 Å². The summed E-state index contributed by atoms with van der Waals surface area (Å²) in [7, 11) is 0. The van der Waals surface area contributed by atoms with Crippen molar-refractivity contribution >= 4 is 17.4 Å². The van der Waals surface area contributed by atoms with Crippen molar-refractivity contribution in [3.63, 3.8) is 0 Å². The molecule has 0 unspecified atom stereocenters. The third-order valence-corrected chi connectivity index (χ3v) is 4.23. The highest BCUT2D eigenvalue weighted by Crippen LogP contribution is 2.36. The molecule has 18 heavy (non-hydrogen) atoms. The smallest absolute Gasteiger partial charge is 0.0606 e. The number of thioether (sulfide) groups is 1. The Morgan fingerprint density at radius 1 is 1.44 bits per heavy atom. The number of aliphatic hydroxyl groups excluding tert-OH is 1. The molecule has 0 aromatic heterocycles. The van der Waals surface area contributed by atoms with Gasteiger partial charge >= 0.3 is 0 Å². The fraction of sp³-hybridized carbons (Fsp3) is 0.571. The zero-order chi connectivity index (χ0) is 13.0. The number of rotatable bonds is 7. The van der Waals surface area contributed by atoms with Crippen LogP contribution in [-0.4, -0.2) is 30.1 Å². The lowest BCUT2D eigenvalue weighted by molar-refractivity contribution is 0.301. The molecule has 1 fully saturated rings. The number of aliphatic hydroxyl groups is 1. The number of benzene rings is 1. The van der Waals surface area contributed by atoms with Gasteiger partial charge in [0.2, 0.25) is 0 Å². The molecule has 0 spiro atoms. The van der Waals surface area contributed by atoms with Gasteiger partial charge in [0.25, 0.3) is 0 Å². The molecule has 0 atom stereocenters. The summed E-state index contributed by atoms with van der Waals surface area (Å²) >= 11 is 1.84. The van der Waals surface area contributed by atoms with Gasteiger partial charge in [0.15, 0.2) is 0 Å². The molecule has 0 amide bonds. The van der Waals surface area contributed by atoms with Crippen LogP contribution in [0.3, 0.4) is 0 Å². The SMILES string of the molecule is CCSc1cccc(N(CCO)C2CC2)c1CN. The van der Waals surface area contributed by atoms with Crippen LogP contribution in [-0.2, 0) is 6.54 Å². The molecule has 1 aromatic rings. The van der Waals surface area contributed by atoms with Gasteiger partial charge in [-0.1, -0.05) is 13.0 Å². The molecule has 1 aromatic carbocycles. The summed E-state index contributed by atoms with van der Waals surface area (Å²) in [5, 5.41) is 9.23. The maximum atomic E-state index is 9.23. The molecule has 3 nitrogen and oxygen atoms in total. The highest BCUT2D eigenvalue weighted by atomic mass is 32.2. The Morgan fingerprint density at radius 3 is 2.78 bits per heavy atom. The van der Waals surface area contributed by atoms with Gasteiger partial charge in [-0.15, -0.1) is 11.8 Å². The van der Waals surface area contributed by atoms with Crippen LogP contribution < -0.4 is 10.6 Å². The predicted molar refractivity (Wildman–Crippen MR) is 78.2 cm³/mol. The van der Waals surface area contributed by atoms with Gasteiger partial charge in [-0.3, -0.25) is 0 Å². The summed E-state index contributed by atoms with van der Waals surface area (Å²) in [6.45, 7) is 3.63. The molecule has 0 saturated heterocycles. The first-order chi connectivity index (χ1) is 8.81. The second kappa shape index (κ2) is 6.45. The molecular weight excluding hydrogens is 244 g/mol. The van der Waals surface area contributed by atoms with Crippen LogP contribution in [0.25, 0.3) is 0 Å². The summed E-state index contributed by atoms with van der Waals surface area (Å²) in [6, 6.07) is 6.98. The van der Waals surface area contributed by atoms with Crippen LogP contribution in [0.5, 0.6) is 0 Å². The fourth-order valence-electron chi connectivity index (χ4n) is 2.31. The molecule has 0 bridgehead atoms. The van der Waals surface area contributed by atoms with E-state index < -0.39 is 0 Å². The molecule has 1 aliphatic carbocycles. The average molecular weight is 266 g/mol. The molecule has 1 saturated carbocycles.